The predicted octanol–water partition coefficient (Wildman–Crippen LogP) is 16.0. The van der Waals surface area contributed by atoms with E-state index in [2.05, 4.69) is 228 Å². The summed E-state index contributed by atoms with van der Waals surface area (Å²) in [7, 11) is 0. The summed E-state index contributed by atoms with van der Waals surface area (Å²) in [5.74, 6) is 1.05. The molecule has 2 nitrogen and oxygen atoms in total. The minimum Gasteiger partial charge on any atom is -0.310 e. The van der Waals surface area contributed by atoms with Crippen LogP contribution in [0.5, 0.6) is 0 Å². The van der Waals surface area contributed by atoms with Crippen molar-refractivity contribution in [1.29, 1.82) is 0 Å². The van der Waals surface area contributed by atoms with Gasteiger partial charge in [-0.3, -0.25) is 0 Å². The molecule has 13 rings (SSSR count). The number of hydrogen-bond donors (Lipinski definition) is 0. The fourth-order valence-corrected chi connectivity index (χ4v) is 12.7. The van der Waals surface area contributed by atoms with Crippen LogP contribution < -0.4 is 9.80 Å². The first-order valence-corrected chi connectivity index (χ1v) is 23.2. The average Bonchev–Trinajstić information content (AvgIpc) is 4.10. The molecule has 9 aromatic carbocycles. The summed E-state index contributed by atoms with van der Waals surface area (Å²) in [5, 5.41) is 0. The van der Waals surface area contributed by atoms with Crippen molar-refractivity contribution in [2.75, 3.05) is 9.80 Å². The van der Waals surface area contributed by atoms with Crippen molar-refractivity contribution >= 4 is 34.1 Å². The van der Waals surface area contributed by atoms with E-state index >= 15 is 0 Å². The Morgan fingerprint density at radius 1 is 0.328 bits per heavy atom. The van der Waals surface area contributed by atoms with Crippen LogP contribution >= 0.6 is 0 Å². The number of rotatable bonds is 8. The van der Waals surface area contributed by atoms with Gasteiger partial charge in [-0.15, -0.1) is 0 Å². The highest BCUT2D eigenvalue weighted by atomic mass is 15.2. The first-order chi connectivity index (χ1) is 31.7. The molecule has 0 amide bonds. The second kappa shape index (κ2) is 14.9. The van der Waals surface area contributed by atoms with Gasteiger partial charge in [0.1, 0.15) is 0 Å². The molecule has 4 aliphatic rings. The number of benzene rings is 9. The Bertz CT molecular complexity index is 3200. The smallest absolute Gasteiger partial charge is 0.0505 e. The van der Waals surface area contributed by atoms with E-state index in [0.29, 0.717) is 11.8 Å². The molecule has 9 aromatic rings. The Morgan fingerprint density at radius 2 is 0.766 bits per heavy atom. The zero-order valence-corrected chi connectivity index (χ0v) is 35.9. The van der Waals surface area contributed by atoms with Crippen LogP contribution in [0.1, 0.15) is 46.2 Å². The van der Waals surface area contributed by atoms with E-state index in [1.807, 2.05) is 0 Å². The predicted molar refractivity (Wildman–Crippen MR) is 266 cm³/mol. The van der Waals surface area contributed by atoms with Gasteiger partial charge >= 0.3 is 0 Å². The standard InChI is InChI=1S/C62H48N2/c1-4-16-42(17-5-1)54-25-12-13-26-55(54)43-30-34-52(35-31-43)63(50-21-6-2-7-22-50)58-28-14-19-45-39-48-32-33-49-40-46-20-15-29-59(61(46)62(48,49)60(45)58)64(51-23-8-3-9-24-51)53-36-37-57-47(41-53)38-44-18-10-11-27-56(44)57/h1-31,34-37,41,48-49H,32-33,38-40H2. The molecule has 306 valence electrons. The maximum atomic E-state index is 2.59. The number of fused-ring (bicyclic) bond motifs is 5. The lowest BCUT2D eigenvalue weighted by Gasteiger charge is -2.40. The highest BCUT2D eigenvalue weighted by molar-refractivity contribution is 5.89. The van der Waals surface area contributed by atoms with Crippen molar-refractivity contribution in [2.45, 2.75) is 37.5 Å². The summed E-state index contributed by atoms with van der Waals surface area (Å²) in [6, 6.07) is 81.7. The van der Waals surface area contributed by atoms with Gasteiger partial charge in [0.15, 0.2) is 0 Å². The van der Waals surface area contributed by atoms with Gasteiger partial charge < -0.3 is 9.80 Å². The molecule has 0 N–H and O–H groups in total. The van der Waals surface area contributed by atoms with Crippen LogP contribution in [0.4, 0.5) is 34.1 Å². The summed E-state index contributed by atoms with van der Waals surface area (Å²) >= 11 is 0. The second-order valence-corrected chi connectivity index (χ2v) is 18.3. The SMILES string of the molecule is c1ccc(-c2ccccc2-c2ccc(N(c3ccccc3)c3cccc4c3C35c6c(cccc6N(c6ccccc6)c6ccc7c(c6)Cc6ccccc6-7)CC3CCC5C4)cc2)cc1. The lowest BCUT2D eigenvalue weighted by Crippen LogP contribution is -2.34. The van der Waals surface area contributed by atoms with E-state index in [0.717, 1.165) is 19.3 Å². The van der Waals surface area contributed by atoms with E-state index in [1.165, 1.54) is 108 Å². The van der Waals surface area contributed by atoms with Gasteiger partial charge in [0.2, 0.25) is 0 Å². The van der Waals surface area contributed by atoms with Gasteiger partial charge in [0.25, 0.3) is 0 Å². The van der Waals surface area contributed by atoms with Gasteiger partial charge in [-0.1, -0.05) is 158 Å². The van der Waals surface area contributed by atoms with Crippen LogP contribution in [0, 0.1) is 11.8 Å². The normalized spacial score (nSPS) is 18.4. The highest BCUT2D eigenvalue weighted by Crippen LogP contribution is 2.69. The molecular weight excluding hydrogens is 773 g/mol. The molecule has 2 heteroatoms. The molecule has 0 aromatic heterocycles. The molecule has 3 unspecified atom stereocenters. The summed E-state index contributed by atoms with van der Waals surface area (Å²) in [5.41, 5.74) is 23.9. The molecule has 0 radical (unpaired) electrons. The number of anilines is 6. The molecule has 3 atom stereocenters. The quantitative estimate of drug-likeness (QED) is 0.151. The molecule has 64 heavy (non-hydrogen) atoms. The first kappa shape index (κ1) is 37.2. The van der Waals surface area contributed by atoms with Crippen molar-refractivity contribution < 1.29 is 0 Å². The molecule has 1 saturated carbocycles. The first-order valence-electron chi connectivity index (χ1n) is 23.2. The van der Waals surface area contributed by atoms with E-state index in [-0.39, 0.29) is 5.41 Å². The van der Waals surface area contributed by atoms with Crippen molar-refractivity contribution in [1.82, 2.24) is 0 Å². The molecule has 1 spiro atoms. The number of nitrogens with zero attached hydrogens (tertiary/aromatic N) is 2. The Balaban J connectivity index is 0.985. The fraction of sp³-hybridized carbons (Fsp3) is 0.129. The fourth-order valence-electron chi connectivity index (χ4n) is 12.7. The third-order valence-electron chi connectivity index (χ3n) is 15.2. The molecule has 0 heterocycles. The van der Waals surface area contributed by atoms with E-state index in [9.17, 15) is 0 Å². The topological polar surface area (TPSA) is 6.48 Å². The third kappa shape index (κ3) is 5.65. The van der Waals surface area contributed by atoms with Gasteiger partial charge in [0.05, 0.1) is 11.4 Å². The van der Waals surface area contributed by atoms with Gasteiger partial charge in [0, 0.05) is 28.2 Å². The second-order valence-electron chi connectivity index (χ2n) is 18.3. The summed E-state index contributed by atoms with van der Waals surface area (Å²) in [6.07, 6.45) is 5.67. The Labute approximate surface area is 376 Å². The lowest BCUT2D eigenvalue weighted by atomic mass is 9.68. The zero-order chi connectivity index (χ0) is 42.2. The molecule has 4 aliphatic carbocycles. The van der Waals surface area contributed by atoms with Crippen molar-refractivity contribution in [2.24, 2.45) is 11.8 Å². The maximum Gasteiger partial charge on any atom is 0.0505 e. The Kier molecular flexibility index (Phi) is 8.62. The van der Waals surface area contributed by atoms with Crippen LogP contribution in [-0.2, 0) is 24.7 Å². The molecule has 0 saturated heterocycles. The van der Waals surface area contributed by atoms with E-state index < -0.39 is 0 Å². The van der Waals surface area contributed by atoms with Crippen molar-refractivity contribution in [3.8, 4) is 33.4 Å². The summed E-state index contributed by atoms with van der Waals surface area (Å²) < 4.78 is 0. The van der Waals surface area contributed by atoms with Gasteiger partial charge in [-0.2, -0.15) is 0 Å². The zero-order valence-electron chi connectivity index (χ0n) is 35.9. The Morgan fingerprint density at radius 3 is 1.36 bits per heavy atom. The molecule has 1 fully saturated rings. The summed E-state index contributed by atoms with van der Waals surface area (Å²) in [6.45, 7) is 0. The largest absolute Gasteiger partial charge is 0.310 e. The lowest BCUT2D eigenvalue weighted by molar-refractivity contribution is 0.350. The van der Waals surface area contributed by atoms with Crippen LogP contribution in [0.25, 0.3) is 33.4 Å². The van der Waals surface area contributed by atoms with Crippen molar-refractivity contribution in [3.63, 3.8) is 0 Å². The van der Waals surface area contributed by atoms with E-state index in [4.69, 9.17) is 0 Å². The number of hydrogen-bond acceptors (Lipinski definition) is 2. The minimum atomic E-state index is -0.126. The monoisotopic (exact) mass is 820 g/mol. The van der Waals surface area contributed by atoms with Gasteiger partial charge in [-0.05, 0) is 171 Å². The molecule has 0 aliphatic heterocycles. The summed E-state index contributed by atoms with van der Waals surface area (Å²) in [4.78, 5) is 5.15. The van der Waals surface area contributed by atoms with Crippen molar-refractivity contribution in [3.05, 3.63) is 252 Å². The number of para-hydroxylation sites is 2. The van der Waals surface area contributed by atoms with Crippen LogP contribution in [0.15, 0.2) is 218 Å². The van der Waals surface area contributed by atoms with Crippen LogP contribution in [0.3, 0.4) is 0 Å². The van der Waals surface area contributed by atoms with Gasteiger partial charge in [-0.25, -0.2) is 0 Å². The Hall–Kier alpha value is -7.42. The minimum absolute atomic E-state index is 0.126. The van der Waals surface area contributed by atoms with Crippen LogP contribution in [0.2, 0.25) is 0 Å². The average molecular weight is 821 g/mol. The van der Waals surface area contributed by atoms with Crippen LogP contribution in [-0.4, -0.2) is 0 Å². The van der Waals surface area contributed by atoms with E-state index in [1.54, 1.807) is 5.56 Å². The maximum absolute atomic E-state index is 2.59. The third-order valence-corrected chi connectivity index (χ3v) is 15.2. The highest BCUT2D eigenvalue weighted by Gasteiger charge is 2.62. The molecule has 0 bridgehead atoms. The molecular formula is C62H48N2.